The minimum atomic E-state index is -1.33. The lowest BCUT2D eigenvalue weighted by molar-refractivity contribution is -0.292. The summed E-state index contributed by atoms with van der Waals surface area (Å²) in [5.74, 6) is 0.474. The van der Waals surface area contributed by atoms with Crippen molar-refractivity contribution in [2.24, 2.45) is 5.92 Å². The molecule has 0 aromatic carbocycles. The minimum absolute atomic E-state index is 0.218. The molecule has 21 heavy (non-hydrogen) atoms. The first kappa shape index (κ1) is 16.3. The van der Waals surface area contributed by atoms with Crippen LogP contribution < -0.4 is 0 Å². The molecule has 1 aromatic rings. The monoisotopic (exact) mass is 301 g/mol. The molecule has 8 heteroatoms. The van der Waals surface area contributed by atoms with Gasteiger partial charge in [0.15, 0.2) is 6.29 Å². The van der Waals surface area contributed by atoms with Gasteiger partial charge in [-0.15, -0.1) is 5.10 Å². The van der Waals surface area contributed by atoms with E-state index in [0.29, 0.717) is 5.92 Å². The Labute approximate surface area is 123 Å². The molecular weight excluding hydrogens is 278 g/mol. The van der Waals surface area contributed by atoms with Crippen LogP contribution in [0.15, 0.2) is 6.20 Å². The zero-order valence-electron chi connectivity index (χ0n) is 12.5. The summed E-state index contributed by atoms with van der Waals surface area (Å²) in [5, 5.41) is 37.5. The maximum Gasteiger partial charge on any atom is 0.186 e. The molecule has 0 saturated carbocycles. The van der Waals surface area contributed by atoms with Crippen molar-refractivity contribution in [2.75, 3.05) is 7.11 Å². The molecule has 2 heterocycles. The standard InChI is InChI=1S/C13H23N3O5/c1-7(2)4-8-5-16(15-14-8)6-9-10(17)11(18)12(19)13(20-3)21-9/h5,7,9-13,17-19H,4,6H2,1-3H3/t9?,10-,11?,12-,13+/m1/s1. The van der Waals surface area contributed by atoms with Crippen LogP contribution in [0.1, 0.15) is 19.5 Å². The van der Waals surface area contributed by atoms with Crippen LogP contribution in [0.5, 0.6) is 0 Å². The molecule has 1 fully saturated rings. The van der Waals surface area contributed by atoms with Crippen molar-refractivity contribution >= 4 is 0 Å². The van der Waals surface area contributed by atoms with Crippen molar-refractivity contribution in [3.8, 4) is 0 Å². The fourth-order valence-corrected chi connectivity index (χ4v) is 2.39. The van der Waals surface area contributed by atoms with Crippen LogP contribution >= 0.6 is 0 Å². The van der Waals surface area contributed by atoms with Gasteiger partial charge in [-0.1, -0.05) is 19.1 Å². The number of aliphatic hydroxyl groups excluding tert-OH is 3. The number of aromatic nitrogens is 3. The second kappa shape index (κ2) is 6.80. The van der Waals surface area contributed by atoms with E-state index in [4.69, 9.17) is 9.47 Å². The Kier molecular flexibility index (Phi) is 5.28. The summed E-state index contributed by atoms with van der Waals surface area (Å²) in [5.41, 5.74) is 0.860. The Morgan fingerprint density at radius 1 is 1.29 bits per heavy atom. The molecule has 1 saturated heterocycles. The quantitative estimate of drug-likeness (QED) is 0.635. The Hall–Kier alpha value is -1.06. The molecule has 0 bridgehead atoms. The van der Waals surface area contributed by atoms with Gasteiger partial charge >= 0.3 is 0 Å². The van der Waals surface area contributed by atoms with Crippen LogP contribution in [0.4, 0.5) is 0 Å². The molecule has 0 amide bonds. The van der Waals surface area contributed by atoms with Gasteiger partial charge in [0.2, 0.25) is 0 Å². The van der Waals surface area contributed by atoms with Crippen molar-refractivity contribution in [3.63, 3.8) is 0 Å². The summed E-state index contributed by atoms with van der Waals surface area (Å²) >= 11 is 0. The highest BCUT2D eigenvalue weighted by atomic mass is 16.7. The molecule has 8 nitrogen and oxygen atoms in total. The lowest BCUT2D eigenvalue weighted by Crippen LogP contribution is -2.58. The average molecular weight is 301 g/mol. The van der Waals surface area contributed by atoms with Crippen LogP contribution in [0, 0.1) is 5.92 Å². The van der Waals surface area contributed by atoms with Gasteiger partial charge in [-0.25, -0.2) is 4.68 Å². The molecule has 1 aliphatic rings. The summed E-state index contributed by atoms with van der Waals surface area (Å²) in [6.45, 7) is 4.40. The van der Waals surface area contributed by atoms with E-state index < -0.39 is 30.7 Å². The first-order valence-corrected chi connectivity index (χ1v) is 7.03. The molecule has 0 radical (unpaired) electrons. The number of hydrogen-bond donors (Lipinski definition) is 3. The van der Waals surface area contributed by atoms with Crippen molar-refractivity contribution in [2.45, 2.75) is 57.5 Å². The lowest BCUT2D eigenvalue weighted by atomic mass is 9.99. The van der Waals surface area contributed by atoms with E-state index in [1.165, 1.54) is 7.11 Å². The SMILES string of the molecule is CO[C@H]1OC(Cn2cc(CC(C)C)nn2)[C@@H](O)C(O)[C@H]1O. The van der Waals surface area contributed by atoms with E-state index in [0.717, 1.165) is 12.1 Å². The molecular formula is C13H23N3O5. The van der Waals surface area contributed by atoms with E-state index >= 15 is 0 Å². The van der Waals surface area contributed by atoms with Crippen LogP contribution in [0.2, 0.25) is 0 Å². The van der Waals surface area contributed by atoms with Crippen LogP contribution in [-0.2, 0) is 22.4 Å². The maximum atomic E-state index is 9.98. The number of methoxy groups -OCH3 is 1. The van der Waals surface area contributed by atoms with E-state index in [9.17, 15) is 15.3 Å². The first-order chi connectivity index (χ1) is 9.92. The second-order valence-corrected chi connectivity index (χ2v) is 5.78. The normalized spacial score (nSPS) is 33.6. The molecule has 3 N–H and O–H groups in total. The molecule has 120 valence electrons. The van der Waals surface area contributed by atoms with Gasteiger partial charge in [0.05, 0.1) is 12.2 Å². The van der Waals surface area contributed by atoms with Gasteiger partial charge in [0, 0.05) is 13.3 Å². The van der Waals surface area contributed by atoms with Gasteiger partial charge in [0.25, 0.3) is 0 Å². The highest BCUT2D eigenvalue weighted by molar-refractivity contribution is 4.95. The third-order valence-corrected chi connectivity index (χ3v) is 3.47. The predicted molar refractivity (Wildman–Crippen MR) is 72.3 cm³/mol. The summed E-state index contributed by atoms with van der Waals surface area (Å²) < 4.78 is 12.0. The van der Waals surface area contributed by atoms with E-state index in [1.807, 2.05) is 0 Å². The van der Waals surface area contributed by atoms with Crippen LogP contribution in [-0.4, -0.2) is 68.1 Å². The minimum Gasteiger partial charge on any atom is -0.388 e. The van der Waals surface area contributed by atoms with Gasteiger partial charge in [-0.05, 0) is 12.3 Å². The average Bonchev–Trinajstić information content (AvgIpc) is 2.86. The smallest absolute Gasteiger partial charge is 0.186 e. The zero-order chi connectivity index (χ0) is 15.6. The molecule has 0 spiro atoms. The molecule has 1 aromatic heterocycles. The van der Waals surface area contributed by atoms with Crippen molar-refractivity contribution in [1.29, 1.82) is 0 Å². The summed E-state index contributed by atoms with van der Waals surface area (Å²) in [4.78, 5) is 0. The van der Waals surface area contributed by atoms with E-state index in [1.54, 1.807) is 10.9 Å². The fourth-order valence-electron chi connectivity index (χ4n) is 2.39. The molecule has 0 aliphatic carbocycles. The highest BCUT2D eigenvalue weighted by Gasteiger charge is 2.44. The Bertz CT molecular complexity index is 451. The predicted octanol–water partition coefficient (Wildman–Crippen LogP) is -1.07. The first-order valence-electron chi connectivity index (χ1n) is 7.03. The Morgan fingerprint density at radius 3 is 2.62 bits per heavy atom. The highest BCUT2D eigenvalue weighted by Crippen LogP contribution is 2.22. The molecule has 1 aliphatic heterocycles. The van der Waals surface area contributed by atoms with Crippen LogP contribution in [0.25, 0.3) is 0 Å². The van der Waals surface area contributed by atoms with Gasteiger partial charge in [-0.2, -0.15) is 0 Å². The number of nitrogens with zero attached hydrogens (tertiary/aromatic N) is 3. The molecule has 5 atom stereocenters. The third-order valence-electron chi connectivity index (χ3n) is 3.47. The fraction of sp³-hybridized carbons (Fsp3) is 0.846. The number of rotatable bonds is 5. The summed E-state index contributed by atoms with van der Waals surface area (Å²) in [6, 6.07) is 0. The van der Waals surface area contributed by atoms with Crippen molar-refractivity contribution in [1.82, 2.24) is 15.0 Å². The third kappa shape index (κ3) is 3.78. The number of aliphatic hydroxyl groups is 3. The maximum absolute atomic E-state index is 9.98. The number of ether oxygens (including phenoxy) is 2. The van der Waals surface area contributed by atoms with Crippen molar-refractivity contribution < 1.29 is 24.8 Å². The van der Waals surface area contributed by atoms with Crippen LogP contribution in [0.3, 0.4) is 0 Å². The summed E-state index contributed by atoms with van der Waals surface area (Å²) in [6.07, 6.45) is -2.94. The molecule has 2 unspecified atom stereocenters. The largest absolute Gasteiger partial charge is 0.388 e. The summed E-state index contributed by atoms with van der Waals surface area (Å²) in [7, 11) is 1.37. The Balaban J connectivity index is 2.02. The Morgan fingerprint density at radius 2 is 2.00 bits per heavy atom. The van der Waals surface area contributed by atoms with E-state index in [2.05, 4.69) is 24.2 Å². The van der Waals surface area contributed by atoms with Gasteiger partial charge in [0.1, 0.15) is 24.4 Å². The molecule has 2 rings (SSSR count). The topological polar surface area (TPSA) is 110 Å². The van der Waals surface area contributed by atoms with E-state index in [-0.39, 0.29) is 6.54 Å². The van der Waals surface area contributed by atoms with Gasteiger partial charge < -0.3 is 24.8 Å². The zero-order valence-corrected chi connectivity index (χ0v) is 12.5. The van der Waals surface area contributed by atoms with Crippen molar-refractivity contribution in [3.05, 3.63) is 11.9 Å². The lowest BCUT2D eigenvalue weighted by Gasteiger charge is -2.39. The second-order valence-electron chi connectivity index (χ2n) is 5.78. The number of hydrogen-bond acceptors (Lipinski definition) is 7. The van der Waals surface area contributed by atoms with Gasteiger partial charge in [-0.3, -0.25) is 0 Å².